The minimum absolute atomic E-state index is 0.0866. The highest BCUT2D eigenvalue weighted by Gasteiger charge is 2.12. The van der Waals surface area contributed by atoms with Gasteiger partial charge in [-0.25, -0.2) is 0 Å². The van der Waals surface area contributed by atoms with Crippen molar-refractivity contribution < 1.29 is 17.3 Å². The average molecular weight is 265 g/mol. The molecular weight excluding hydrogens is 254 g/mol. The molecule has 0 spiro atoms. The van der Waals surface area contributed by atoms with Gasteiger partial charge in [-0.05, 0) is 36.4 Å². The lowest BCUT2D eigenvalue weighted by Crippen LogP contribution is -2.02. The Kier molecular flexibility index (Phi) is 3.59. The summed E-state index contributed by atoms with van der Waals surface area (Å²) in [5.74, 6) is 1.11. The maximum atomic E-state index is 11.4. The standard InChI is InChI=1S/C12H11NO4S/c1-16-18(14,15)12-6-4-10(5-7-12)17-11-3-2-8-13-9-11/h2-9H,1H3. The molecule has 0 radical (unpaired) electrons. The summed E-state index contributed by atoms with van der Waals surface area (Å²) in [5, 5.41) is 0. The lowest BCUT2D eigenvalue weighted by Gasteiger charge is -2.06. The smallest absolute Gasteiger partial charge is 0.296 e. The van der Waals surface area contributed by atoms with Crippen molar-refractivity contribution in [3.05, 3.63) is 48.8 Å². The van der Waals surface area contributed by atoms with Crippen LogP contribution in [0.5, 0.6) is 11.5 Å². The molecule has 0 atom stereocenters. The number of benzene rings is 1. The third kappa shape index (κ3) is 2.85. The topological polar surface area (TPSA) is 65.5 Å². The van der Waals surface area contributed by atoms with Crippen molar-refractivity contribution in [2.75, 3.05) is 7.11 Å². The van der Waals surface area contributed by atoms with Crippen LogP contribution in [-0.2, 0) is 14.3 Å². The Balaban J connectivity index is 2.19. The molecule has 0 bridgehead atoms. The first kappa shape index (κ1) is 12.5. The van der Waals surface area contributed by atoms with Crippen LogP contribution in [0.1, 0.15) is 0 Å². The monoisotopic (exact) mass is 265 g/mol. The van der Waals surface area contributed by atoms with E-state index in [1.807, 2.05) is 0 Å². The van der Waals surface area contributed by atoms with E-state index in [9.17, 15) is 8.42 Å². The second-order valence-electron chi connectivity index (χ2n) is 3.38. The summed E-state index contributed by atoms with van der Waals surface area (Å²) in [6.45, 7) is 0. The summed E-state index contributed by atoms with van der Waals surface area (Å²) in [7, 11) is -2.54. The number of ether oxygens (including phenoxy) is 1. The number of pyridine rings is 1. The first-order valence-corrected chi connectivity index (χ1v) is 6.51. The molecule has 18 heavy (non-hydrogen) atoms. The molecule has 0 unspecified atom stereocenters. The van der Waals surface area contributed by atoms with Crippen LogP contribution in [0.15, 0.2) is 53.7 Å². The summed E-state index contributed by atoms with van der Waals surface area (Å²) in [5.41, 5.74) is 0. The van der Waals surface area contributed by atoms with Gasteiger partial charge >= 0.3 is 0 Å². The Hall–Kier alpha value is -1.92. The highest BCUT2D eigenvalue weighted by atomic mass is 32.2. The molecule has 0 N–H and O–H groups in total. The van der Waals surface area contributed by atoms with Crippen LogP contribution in [0.2, 0.25) is 0 Å². The third-order valence-electron chi connectivity index (χ3n) is 2.20. The van der Waals surface area contributed by atoms with Gasteiger partial charge in [-0.2, -0.15) is 8.42 Å². The van der Waals surface area contributed by atoms with Gasteiger partial charge in [0.2, 0.25) is 0 Å². The molecule has 0 aliphatic rings. The third-order valence-corrected chi connectivity index (χ3v) is 3.49. The minimum atomic E-state index is -3.66. The van der Waals surface area contributed by atoms with E-state index in [1.54, 1.807) is 36.7 Å². The van der Waals surface area contributed by atoms with Crippen molar-refractivity contribution in [1.82, 2.24) is 4.98 Å². The van der Waals surface area contributed by atoms with Crippen LogP contribution < -0.4 is 4.74 Å². The molecule has 0 saturated carbocycles. The zero-order chi connectivity index (χ0) is 13.0. The fourth-order valence-corrected chi connectivity index (χ4v) is 1.98. The van der Waals surface area contributed by atoms with E-state index in [0.717, 1.165) is 7.11 Å². The van der Waals surface area contributed by atoms with Crippen LogP contribution >= 0.6 is 0 Å². The average Bonchev–Trinajstić information content (AvgIpc) is 2.40. The Bertz CT molecular complexity index is 608. The van der Waals surface area contributed by atoms with Gasteiger partial charge in [-0.15, -0.1) is 0 Å². The highest BCUT2D eigenvalue weighted by molar-refractivity contribution is 7.86. The first-order chi connectivity index (χ1) is 8.62. The van der Waals surface area contributed by atoms with Crippen LogP contribution in [0, 0.1) is 0 Å². The number of nitrogens with zero attached hydrogens (tertiary/aromatic N) is 1. The van der Waals surface area contributed by atoms with Gasteiger partial charge in [0, 0.05) is 6.20 Å². The van der Waals surface area contributed by atoms with E-state index in [1.165, 1.54) is 12.1 Å². The maximum Gasteiger partial charge on any atom is 0.296 e. The molecule has 0 fully saturated rings. The van der Waals surface area contributed by atoms with E-state index in [-0.39, 0.29) is 4.90 Å². The predicted molar refractivity (Wildman–Crippen MR) is 64.9 cm³/mol. The number of hydrogen-bond donors (Lipinski definition) is 0. The molecule has 1 aromatic heterocycles. The van der Waals surface area contributed by atoms with Crippen LogP contribution in [0.4, 0.5) is 0 Å². The summed E-state index contributed by atoms with van der Waals surface area (Å²) in [4.78, 5) is 4.00. The van der Waals surface area contributed by atoms with Gasteiger partial charge in [0.25, 0.3) is 10.1 Å². The van der Waals surface area contributed by atoms with Crippen molar-refractivity contribution in [3.63, 3.8) is 0 Å². The molecular formula is C12H11NO4S. The number of aromatic nitrogens is 1. The van der Waals surface area contributed by atoms with E-state index >= 15 is 0 Å². The van der Waals surface area contributed by atoms with E-state index in [0.29, 0.717) is 11.5 Å². The lowest BCUT2D eigenvalue weighted by molar-refractivity contribution is 0.397. The van der Waals surface area contributed by atoms with Gasteiger partial charge in [-0.3, -0.25) is 9.17 Å². The molecule has 1 aromatic carbocycles. The molecule has 6 heteroatoms. The second kappa shape index (κ2) is 5.16. The molecule has 0 saturated heterocycles. The van der Waals surface area contributed by atoms with Crippen molar-refractivity contribution >= 4 is 10.1 Å². The van der Waals surface area contributed by atoms with Gasteiger partial charge in [0.1, 0.15) is 11.5 Å². The summed E-state index contributed by atoms with van der Waals surface area (Å²) in [6.07, 6.45) is 3.21. The Labute approximate surface area is 105 Å². The normalized spacial score (nSPS) is 11.2. The largest absolute Gasteiger partial charge is 0.456 e. The van der Waals surface area contributed by atoms with Gasteiger partial charge in [0.05, 0.1) is 18.2 Å². The van der Waals surface area contributed by atoms with Gasteiger partial charge in [0.15, 0.2) is 0 Å². The van der Waals surface area contributed by atoms with Crippen molar-refractivity contribution in [1.29, 1.82) is 0 Å². The SMILES string of the molecule is COS(=O)(=O)c1ccc(Oc2cccnc2)cc1. The summed E-state index contributed by atoms with van der Waals surface area (Å²) in [6, 6.07) is 9.46. The minimum Gasteiger partial charge on any atom is -0.456 e. The zero-order valence-electron chi connectivity index (χ0n) is 9.61. The second-order valence-corrected chi connectivity index (χ2v) is 5.10. The molecule has 0 aliphatic carbocycles. The van der Waals surface area contributed by atoms with Crippen LogP contribution in [-0.4, -0.2) is 20.5 Å². The van der Waals surface area contributed by atoms with Gasteiger partial charge < -0.3 is 4.74 Å². The van der Waals surface area contributed by atoms with E-state index in [2.05, 4.69) is 9.17 Å². The lowest BCUT2D eigenvalue weighted by atomic mass is 10.3. The number of hydrogen-bond acceptors (Lipinski definition) is 5. The summed E-state index contributed by atoms with van der Waals surface area (Å²) < 4.78 is 32.7. The molecule has 94 valence electrons. The Morgan fingerprint density at radius 1 is 1.06 bits per heavy atom. The molecule has 0 aliphatic heterocycles. The van der Waals surface area contributed by atoms with Crippen molar-refractivity contribution in [2.24, 2.45) is 0 Å². The van der Waals surface area contributed by atoms with Crippen molar-refractivity contribution in [2.45, 2.75) is 4.90 Å². The summed E-state index contributed by atoms with van der Waals surface area (Å²) >= 11 is 0. The highest BCUT2D eigenvalue weighted by Crippen LogP contribution is 2.22. The van der Waals surface area contributed by atoms with E-state index < -0.39 is 10.1 Å². The van der Waals surface area contributed by atoms with Gasteiger partial charge in [-0.1, -0.05) is 0 Å². The molecule has 0 amide bonds. The first-order valence-electron chi connectivity index (χ1n) is 5.10. The Morgan fingerprint density at radius 2 is 1.78 bits per heavy atom. The molecule has 1 heterocycles. The fourth-order valence-electron chi connectivity index (χ4n) is 1.31. The number of rotatable bonds is 4. The molecule has 5 nitrogen and oxygen atoms in total. The fraction of sp³-hybridized carbons (Fsp3) is 0.0833. The van der Waals surface area contributed by atoms with Crippen LogP contribution in [0.25, 0.3) is 0 Å². The molecule has 2 rings (SSSR count). The molecule has 2 aromatic rings. The predicted octanol–water partition coefficient (Wildman–Crippen LogP) is 2.21. The zero-order valence-corrected chi connectivity index (χ0v) is 10.4. The maximum absolute atomic E-state index is 11.4. The quantitative estimate of drug-likeness (QED) is 0.793. The van der Waals surface area contributed by atoms with E-state index in [4.69, 9.17) is 4.74 Å². The van der Waals surface area contributed by atoms with Crippen molar-refractivity contribution in [3.8, 4) is 11.5 Å². The van der Waals surface area contributed by atoms with Crippen LogP contribution in [0.3, 0.4) is 0 Å². The Morgan fingerprint density at radius 3 is 2.33 bits per heavy atom.